The van der Waals surface area contributed by atoms with Gasteiger partial charge in [-0.25, -0.2) is 23.7 Å². The van der Waals surface area contributed by atoms with Crippen LogP contribution < -0.4 is 15.4 Å². The Labute approximate surface area is 190 Å². The molecule has 0 bridgehead atoms. The minimum Gasteiger partial charge on any atom is -0.437 e. The van der Waals surface area contributed by atoms with Crippen molar-refractivity contribution in [3.63, 3.8) is 0 Å². The number of nitrogens with zero attached hydrogens (tertiary/aromatic N) is 3. The van der Waals surface area contributed by atoms with Gasteiger partial charge < -0.3 is 15.4 Å². The molecule has 2 N–H and O–H groups in total. The molecule has 1 aliphatic heterocycles. The summed E-state index contributed by atoms with van der Waals surface area (Å²) in [5.74, 6) is 1.11. The van der Waals surface area contributed by atoms with Crippen molar-refractivity contribution in [2.75, 3.05) is 18.4 Å². The summed E-state index contributed by atoms with van der Waals surface area (Å²) in [6.45, 7) is 2.95. The molecule has 8 heteroatoms. The van der Waals surface area contributed by atoms with Crippen LogP contribution in [0.3, 0.4) is 0 Å². The van der Waals surface area contributed by atoms with Crippen molar-refractivity contribution in [2.45, 2.75) is 25.6 Å². The molecule has 2 aromatic heterocycles. The molecule has 168 valence electrons. The Kier molecular flexibility index (Phi) is 5.83. The Bertz CT molecular complexity index is 1300. The van der Waals surface area contributed by atoms with Crippen LogP contribution in [0.25, 0.3) is 22.0 Å². The predicted octanol–water partition coefficient (Wildman–Crippen LogP) is 5.04. The summed E-state index contributed by atoms with van der Waals surface area (Å²) in [4.78, 5) is 13.3. The van der Waals surface area contributed by atoms with E-state index in [2.05, 4.69) is 25.6 Å². The van der Waals surface area contributed by atoms with Gasteiger partial charge in [0.15, 0.2) is 0 Å². The fourth-order valence-electron chi connectivity index (χ4n) is 4.04. The van der Waals surface area contributed by atoms with Gasteiger partial charge in [0.25, 0.3) is 0 Å². The fourth-order valence-corrected chi connectivity index (χ4v) is 4.04. The highest BCUT2D eigenvalue weighted by Gasteiger charge is 2.22. The Hall–Kier alpha value is -3.65. The number of pyridine rings is 1. The molecule has 33 heavy (non-hydrogen) atoms. The molecule has 0 aliphatic carbocycles. The van der Waals surface area contributed by atoms with Crippen LogP contribution in [0, 0.1) is 12.7 Å². The number of ether oxygens (including phenoxy) is 1. The maximum atomic E-state index is 13.7. The summed E-state index contributed by atoms with van der Waals surface area (Å²) in [5.41, 5.74) is 2.22. The van der Waals surface area contributed by atoms with Crippen molar-refractivity contribution in [3.05, 3.63) is 72.3 Å². The fraction of sp³-hybridized carbons (Fsp3) is 0.240. The smallest absolute Gasteiger partial charge is 0.228 e. The summed E-state index contributed by atoms with van der Waals surface area (Å²) in [6, 6.07) is 13.7. The van der Waals surface area contributed by atoms with Gasteiger partial charge in [-0.15, -0.1) is 0 Å². The Balaban J connectivity index is 1.47. The number of hydrogen-bond acceptors (Lipinski definition) is 6. The zero-order chi connectivity index (χ0) is 22.8. The number of aryl methyl sites for hydroxylation is 1. The molecule has 4 aromatic rings. The van der Waals surface area contributed by atoms with Gasteiger partial charge in [-0.1, -0.05) is 12.1 Å². The van der Waals surface area contributed by atoms with Gasteiger partial charge >= 0.3 is 0 Å². The topological polar surface area (TPSA) is 72.0 Å². The van der Waals surface area contributed by atoms with Crippen molar-refractivity contribution in [2.24, 2.45) is 0 Å². The standard InChI is InChI=1S/C25H23F2N5O/c1-15-4-5-16-11-17(26)6-7-20(16)23(15)33-24-21(3-2-9-29-24)22-8-10-30-25(32-22)31-19-12-18(27)13-28-14-19/h2-11,18-19,28H,12-14H2,1H3,(H,30,31,32)/t18-,19-/m0/s1. The molecule has 0 unspecified atom stereocenters. The quantitative estimate of drug-likeness (QED) is 0.447. The van der Waals surface area contributed by atoms with Crippen LogP contribution in [0.15, 0.2) is 60.9 Å². The third kappa shape index (κ3) is 4.61. The van der Waals surface area contributed by atoms with E-state index in [1.165, 1.54) is 12.1 Å². The molecule has 6 nitrogen and oxygen atoms in total. The monoisotopic (exact) mass is 447 g/mol. The average Bonchev–Trinajstić information content (AvgIpc) is 2.81. The zero-order valence-corrected chi connectivity index (χ0v) is 18.1. The summed E-state index contributed by atoms with van der Waals surface area (Å²) >= 11 is 0. The molecule has 3 heterocycles. The van der Waals surface area contributed by atoms with Gasteiger partial charge in [-0.2, -0.15) is 0 Å². The van der Waals surface area contributed by atoms with E-state index < -0.39 is 6.17 Å². The van der Waals surface area contributed by atoms with Crippen LogP contribution in [-0.2, 0) is 0 Å². The molecule has 1 aliphatic rings. The zero-order valence-electron chi connectivity index (χ0n) is 18.1. The van der Waals surface area contributed by atoms with Crippen molar-refractivity contribution in [3.8, 4) is 22.9 Å². The number of halogens is 2. The average molecular weight is 447 g/mol. The third-order valence-corrected chi connectivity index (χ3v) is 5.66. The van der Waals surface area contributed by atoms with Crippen molar-refractivity contribution >= 4 is 16.7 Å². The van der Waals surface area contributed by atoms with Crippen LogP contribution in [0.2, 0.25) is 0 Å². The third-order valence-electron chi connectivity index (χ3n) is 5.66. The molecule has 2 atom stereocenters. The Morgan fingerprint density at radius 2 is 1.97 bits per heavy atom. The normalized spacial score (nSPS) is 18.3. The SMILES string of the molecule is Cc1ccc2cc(F)ccc2c1Oc1ncccc1-c1ccnc(N[C@@H]2CNC[C@@H](F)C2)n1. The number of alkyl halides is 1. The van der Waals surface area contributed by atoms with Crippen LogP contribution >= 0.6 is 0 Å². The molecule has 0 spiro atoms. The molecule has 0 radical (unpaired) electrons. The molecule has 5 rings (SSSR count). The molecule has 1 fully saturated rings. The number of benzene rings is 2. The van der Waals surface area contributed by atoms with Crippen LogP contribution in [0.1, 0.15) is 12.0 Å². The van der Waals surface area contributed by atoms with E-state index in [0.29, 0.717) is 48.3 Å². The highest BCUT2D eigenvalue weighted by Crippen LogP contribution is 2.36. The molecule has 1 saturated heterocycles. The van der Waals surface area contributed by atoms with Crippen molar-refractivity contribution in [1.29, 1.82) is 0 Å². The first-order valence-corrected chi connectivity index (χ1v) is 10.8. The highest BCUT2D eigenvalue weighted by atomic mass is 19.1. The van der Waals surface area contributed by atoms with E-state index in [1.54, 1.807) is 24.5 Å². The summed E-state index contributed by atoms with van der Waals surface area (Å²) in [5, 5.41) is 7.81. The first kappa shape index (κ1) is 21.2. The van der Waals surface area contributed by atoms with E-state index in [0.717, 1.165) is 16.3 Å². The maximum Gasteiger partial charge on any atom is 0.228 e. The Morgan fingerprint density at radius 1 is 1.06 bits per heavy atom. The van der Waals surface area contributed by atoms with Crippen molar-refractivity contribution < 1.29 is 13.5 Å². The van der Waals surface area contributed by atoms with Gasteiger partial charge in [0.1, 0.15) is 17.7 Å². The first-order valence-electron chi connectivity index (χ1n) is 10.8. The maximum absolute atomic E-state index is 13.7. The second kappa shape index (κ2) is 9.07. The number of rotatable bonds is 5. The second-order valence-corrected chi connectivity index (χ2v) is 8.13. The number of anilines is 1. The van der Waals surface area contributed by atoms with E-state index >= 15 is 0 Å². The second-order valence-electron chi connectivity index (χ2n) is 8.13. The van der Waals surface area contributed by atoms with Crippen LogP contribution in [0.4, 0.5) is 14.7 Å². The van der Waals surface area contributed by atoms with Gasteiger partial charge in [0.05, 0.1) is 11.3 Å². The summed E-state index contributed by atoms with van der Waals surface area (Å²) in [7, 11) is 0. The molecular formula is C25H23F2N5O. The lowest BCUT2D eigenvalue weighted by atomic mass is 10.1. The van der Waals surface area contributed by atoms with Gasteiger partial charge in [-0.05, 0) is 54.3 Å². The van der Waals surface area contributed by atoms with Gasteiger partial charge in [-0.3, -0.25) is 0 Å². The minimum absolute atomic E-state index is 0.0904. The highest BCUT2D eigenvalue weighted by molar-refractivity contribution is 5.90. The van der Waals surface area contributed by atoms with E-state index in [4.69, 9.17) is 4.74 Å². The molecule has 0 saturated carbocycles. The van der Waals surface area contributed by atoms with Crippen molar-refractivity contribution in [1.82, 2.24) is 20.3 Å². The minimum atomic E-state index is -0.893. The number of piperidine rings is 1. The van der Waals surface area contributed by atoms with Gasteiger partial charge in [0, 0.05) is 43.3 Å². The molecule has 2 aromatic carbocycles. The van der Waals surface area contributed by atoms with Crippen LogP contribution in [0.5, 0.6) is 11.6 Å². The number of hydrogen-bond donors (Lipinski definition) is 2. The number of nitrogens with one attached hydrogen (secondary N) is 2. The van der Waals surface area contributed by atoms with Crippen LogP contribution in [-0.4, -0.2) is 40.3 Å². The predicted molar refractivity (Wildman–Crippen MR) is 124 cm³/mol. The largest absolute Gasteiger partial charge is 0.437 e. The lowest BCUT2D eigenvalue weighted by Gasteiger charge is -2.26. The first-order chi connectivity index (χ1) is 16.1. The lowest BCUT2D eigenvalue weighted by Crippen LogP contribution is -2.44. The van der Waals surface area contributed by atoms with E-state index in [-0.39, 0.29) is 11.9 Å². The number of aromatic nitrogens is 3. The summed E-state index contributed by atoms with van der Waals surface area (Å²) < 4.78 is 33.7. The molecular weight excluding hydrogens is 424 g/mol. The van der Waals surface area contributed by atoms with Gasteiger partial charge in [0.2, 0.25) is 11.8 Å². The lowest BCUT2D eigenvalue weighted by molar-refractivity contribution is 0.254. The van der Waals surface area contributed by atoms with E-state index in [1.807, 2.05) is 31.2 Å². The Morgan fingerprint density at radius 3 is 2.85 bits per heavy atom. The summed E-state index contributed by atoms with van der Waals surface area (Å²) in [6.07, 6.45) is 2.81. The molecule has 0 amide bonds. The number of fused-ring (bicyclic) bond motifs is 1. The van der Waals surface area contributed by atoms with E-state index in [9.17, 15) is 8.78 Å².